The Labute approximate surface area is 128 Å². The van der Waals surface area contributed by atoms with E-state index >= 15 is 0 Å². The number of carbonyl (C=O) groups excluding carboxylic acids is 1. The molecule has 0 saturated carbocycles. The number of nitrogens with one attached hydrogen (secondary N) is 1. The maximum atomic E-state index is 12.2. The molecule has 2 aromatic heterocycles. The van der Waals surface area contributed by atoms with Crippen LogP contribution in [0.2, 0.25) is 5.15 Å². The van der Waals surface area contributed by atoms with Gasteiger partial charge in [0, 0.05) is 25.7 Å². The molecule has 112 valence electrons. The summed E-state index contributed by atoms with van der Waals surface area (Å²) in [5.41, 5.74) is 1.41. The molecule has 0 aliphatic rings. The highest BCUT2D eigenvalue weighted by molar-refractivity contribution is 6.32. The molecule has 0 aliphatic carbocycles. The van der Waals surface area contributed by atoms with Crippen LogP contribution in [0.5, 0.6) is 0 Å². The van der Waals surface area contributed by atoms with Gasteiger partial charge in [0.1, 0.15) is 5.69 Å². The van der Waals surface area contributed by atoms with Crippen LogP contribution in [0.1, 0.15) is 13.3 Å². The van der Waals surface area contributed by atoms with E-state index in [4.69, 9.17) is 11.6 Å². The predicted octanol–water partition coefficient (Wildman–Crippen LogP) is 1.88. The lowest BCUT2D eigenvalue weighted by Gasteiger charge is -2.19. The summed E-state index contributed by atoms with van der Waals surface area (Å²) >= 11 is 6.18. The van der Waals surface area contributed by atoms with Crippen LogP contribution in [-0.2, 0) is 4.79 Å². The molecule has 21 heavy (non-hydrogen) atoms. The van der Waals surface area contributed by atoms with Crippen LogP contribution >= 0.6 is 11.6 Å². The van der Waals surface area contributed by atoms with Crippen LogP contribution in [0.4, 0.5) is 5.69 Å². The summed E-state index contributed by atoms with van der Waals surface area (Å²) in [6.45, 7) is 3.08. The van der Waals surface area contributed by atoms with Gasteiger partial charge in [0.05, 0.1) is 18.1 Å². The summed E-state index contributed by atoms with van der Waals surface area (Å²) in [5, 5.41) is 7.51. The molecule has 2 heterocycles. The quantitative estimate of drug-likeness (QED) is 0.885. The van der Waals surface area contributed by atoms with Gasteiger partial charge in [-0.3, -0.25) is 9.78 Å². The van der Waals surface area contributed by atoms with Crippen LogP contribution in [-0.4, -0.2) is 40.8 Å². The van der Waals surface area contributed by atoms with Gasteiger partial charge in [-0.2, -0.15) is 5.10 Å². The molecule has 0 saturated heterocycles. The number of pyridine rings is 1. The van der Waals surface area contributed by atoms with Crippen molar-refractivity contribution >= 4 is 23.2 Å². The second kappa shape index (κ2) is 7.19. The van der Waals surface area contributed by atoms with Crippen molar-refractivity contribution < 1.29 is 4.79 Å². The zero-order chi connectivity index (χ0) is 15.2. The third kappa shape index (κ3) is 3.59. The third-order valence-electron chi connectivity index (χ3n) is 3.06. The molecule has 0 unspecified atom stereocenters. The van der Waals surface area contributed by atoms with Gasteiger partial charge in [-0.25, -0.2) is 4.68 Å². The number of halogens is 1. The van der Waals surface area contributed by atoms with Gasteiger partial charge < -0.3 is 10.2 Å². The van der Waals surface area contributed by atoms with Crippen molar-refractivity contribution in [3.05, 3.63) is 35.9 Å². The number of anilines is 1. The molecule has 1 amide bonds. The predicted molar refractivity (Wildman–Crippen MR) is 82.9 cm³/mol. The Morgan fingerprint density at radius 1 is 1.52 bits per heavy atom. The van der Waals surface area contributed by atoms with Gasteiger partial charge >= 0.3 is 0 Å². The maximum Gasteiger partial charge on any atom is 0.228 e. The first-order valence-electron chi connectivity index (χ1n) is 6.78. The average molecular weight is 308 g/mol. The van der Waals surface area contributed by atoms with Crippen molar-refractivity contribution in [3.63, 3.8) is 0 Å². The van der Waals surface area contributed by atoms with E-state index < -0.39 is 0 Å². The lowest BCUT2D eigenvalue weighted by molar-refractivity contribution is -0.118. The second-order valence-corrected chi connectivity index (χ2v) is 4.81. The van der Waals surface area contributed by atoms with Crippen LogP contribution < -0.4 is 10.2 Å². The van der Waals surface area contributed by atoms with Crippen LogP contribution in [0, 0.1) is 0 Å². The van der Waals surface area contributed by atoms with Crippen LogP contribution in [0.3, 0.4) is 0 Å². The summed E-state index contributed by atoms with van der Waals surface area (Å²) in [5.74, 6) is 0.0134. The third-order valence-corrected chi connectivity index (χ3v) is 3.33. The van der Waals surface area contributed by atoms with E-state index in [1.165, 1.54) is 0 Å². The molecule has 2 aromatic rings. The summed E-state index contributed by atoms with van der Waals surface area (Å²) in [6, 6.07) is 3.69. The molecule has 1 N–H and O–H groups in total. The molecule has 6 nitrogen and oxygen atoms in total. The molecular formula is C14H18ClN5O. The first-order chi connectivity index (χ1) is 10.2. The number of hydrogen-bond acceptors (Lipinski definition) is 4. The van der Waals surface area contributed by atoms with E-state index in [0.717, 1.165) is 5.69 Å². The summed E-state index contributed by atoms with van der Waals surface area (Å²) in [6.07, 6.45) is 5.54. The monoisotopic (exact) mass is 307 g/mol. The number of aromatic nitrogens is 3. The number of hydrogen-bond donors (Lipinski definition) is 1. The molecule has 0 radical (unpaired) electrons. The van der Waals surface area contributed by atoms with Gasteiger partial charge in [0.15, 0.2) is 5.15 Å². The molecule has 2 rings (SSSR count). The van der Waals surface area contributed by atoms with Gasteiger partial charge in [0.25, 0.3) is 0 Å². The van der Waals surface area contributed by atoms with Crippen LogP contribution in [0.15, 0.2) is 30.7 Å². The fourth-order valence-corrected chi connectivity index (χ4v) is 2.23. The first kappa shape index (κ1) is 15.5. The van der Waals surface area contributed by atoms with Crippen molar-refractivity contribution in [2.75, 3.05) is 25.0 Å². The van der Waals surface area contributed by atoms with E-state index in [-0.39, 0.29) is 5.91 Å². The summed E-state index contributed by atoms with van der Waals surface area (Å²) in [4.78, 5) is 17.9. The highest BCUT2D eigenvalue weighted by Crippen LogP contribution is 2.26. The minimum atomic E-state index is 0.0134. The van der Waals surface area contributed by atoms with Crippen molar-refractivity contribution in [1.82, 2.24) is 20.1 Å². The molecule has 0 aromatic carbocycles. The lowest BCUT2D eigenvalue weighted by atomic mass is 10.3. The highest BCUT2D eigenvalue weighted by Gasteiger charge is 2.19. The van der Waals surface area contributed by atoms with Gasteiger partial charge in [0.2, 0.25) is 5.91 Å². The number of carbonyl (C=O) groups is 1. The average Bonchev–Trinajstić information content (AvgIpc) is 2.89. The Hall–Kier alpha value is -1.92. The minimum Gasteiger partial charge on any atom is -0.319 e. The summed E-state index contributed by atoms with van der Waals surface area (Å²) in [7, 11) is 1.82. The molecule has 0 bridgehead atoms. The number of rotatable bonds is 6. The van der Waals surface area contributed by atoms with Gasteiger partial charge in [-0.1, -0.05) is 11.6 Å². The molecule has 0 spiro atoms. The van der Waals surface area contributed by atoms with E-state index in [1.54, 1.807) is 28.2 Å². The molecular weight excluding hydrogens is 290 g/mol. The minimum absolute atomic E-state index is 0.0134. The van der Waals surface area contributed by atoms with Crippen LogP contribution in [0.25, 0.3) is 5.69 Å². The normalized spacial score (nSPS) is 10.6. The fourth-order valence-electron chi connectivity index (χ4n) is 1.99. The zero-order valence-corrected chi connectivity index (χ0v) is 12.8. The van der Waals surface area contributed by atoms with Crippen molar-refractivity contribution in [1.29, 1.82) is 0 Å². The molecule has 7 heteroatoms. The largest absolute Gasteiger partial charge is 0.319 e. The van der Waals surface area contributed by atoms with Crippen molar-refractivity contribution in [3.8, 4) is 5.69 Å². The van der Waals surface area contributed by atoms with Gasteiger partial charge in [-0.15, -0.1) is 0 Å². The smallest absolute Gasteiger partial charge is 0.228 e. The Morgan fingerprint density at radius 2 is 2.33 bits per heavy atom. The van der Waals surface area contributed by atoms with E-state index in [1.807, 2.05) is 26.1 Å². The Morgan fingerprint density at radius 3 is 2.95 bits per heavy atom. The zero-order valence-electron chi connectivity index (χ0n) is 12.1. The SMILES string of the molecule is CCN(C(=O)CCNC)c1cn(-c2cccnc2)nc1Cl. The van der Waals surface area contributed by atoms with Crippen molar-refractivity contribution in [2.24, 2.45) is 0 Å². The van der Waals surface area contributed by atoms with E-state index in [9.17, 15) is 4.79 Å². The number of nitrogens with zero attached hydrogens (tertiary/aromatic N) is 4. The second-order valence-electron chi connectivity index (χ2n) is 4.45. The standard InChI is InChI=1S/C14H18ClN5O/c1-3-19(13(21)6-8-16-2)12-10-20(18-14(12)15)11-5-4-7-17-9-11/h4-5,7,9-10,16H,3,6,8H2,1-2H3. The Bertz CT molecular complexity index is 599. The highest BCUT2D eigenvalue weighted by atomic mass is 35.5. The van der Waals surface area contributed by atoms with Gasteiger partial charge in [-0.05, 0) is 26.1 Å². The lowest BCUT2D eigenvalue weighted by Crippen LogP contribution is -2.32. The van der Waals surface area contributed by atoms with Crippen molar-refractivity contribution in [2.45, 2.75) is 13.3 Å². The Kier molecular flexibility index (Phi) is 5.30. The van der Waals surface area contributed by atoms with E-state index in [2.05, 4.69) is 15.4 Å². The fraction of sp³-hybridized carbons (Fsp3) is 0.357. The number of amides is 1. The Balaban J connectivity index is 2.27. The summed E-state index contributed by atoms with van der Waals surface area (Å²) < 4.78 is 1.62. The molecule has 0 aliphatic heterocycles. The topological polar surface area (TPSA) is 63.1 Å². The molecule has 0 fully saturated rings. The van der Waals surface area contributed by atoms with E-state index in [0.29, 0.717) is 30.4 Å². The maximum absolute atomic E-state index is 12.2. The first-order valence-corrected chi connectivity index (χ1v) is 7.15. The molecule has 0 atom stereocenters.